The Hall–Kier alpha value is -3.63. The lowest BCUT2D eigenvalue weighted by molar-refractivity contribution is -0.534. The molecule has 0 unspecified atom stereocenters. The zero-order valence-corrected chi connectivity index (χ0v) is 23.2. The third-order valence-corrected chi connectivity index (χ3v) is 9.03. The molecular weight excluding hydrogens is 502 g/mol. The molecule has 0 spiro atoms. The fourth-order valence-corrected chi connectivity index (χ4v) is 7.17. The van der Waals surface area contributed by atoms with E-state index >= 15 is 0 Å². The summed E-state index contributed by atoms with van der Waals surface area (Å²) >= 11 is 0. The van der Waals surface area contributed by atoms with E-state index in [0.29, 0.717) is 6.04 Å². The van der Waals surface area contributed by atoms with Crippen molar-refractivity contribution in [3.63, 3.8) is 0 Å². The molecule has 0 radical (unpaired) electrons. The Balaban J connectivity index is 0.00000308. The van der Waals surface area contributed by atoms with Gasteiger partial charge in [0.05, 0.1) is 6.04 Å². The predicted molar refractivity (Wildman–Crippen MR) is 154 cm³/mol. The van der Waals surface area contributed by atoms with Crippen LogP contribution < -0.4 is 18.1 Å². The number of halogens is 1. The van der Waals surface area contributed by atoms with Gasteiger partial charge in [-0.1, -0.05) is 103 Å². The molecule has 0 saturated heterocycles. The molecule has 0 bridgehead atoms. The largest absolute Gasteiger partial charge is 1.00 e. The summed E-state index contributed by atoms with van der Waals surface area (Å²) in [5, 5.41) is 2.63. The number of amides is 1. The molecule has 4 nitrogen and oxygen atoms in total. The average Bonchev–Trinajstić information content (AvgIpc) is 3.57. The third-order valence-electron chi connectivity index (χ3n) is 9.03. The Bertz CT molecular complexity index is 1440. The number of rotatable bonds is 7. The molecule has 4 aromatic carbocycles. The minimum absolute atomic E-state index is 0. The van der Waals surface area contributed by atoms with Crippen LogP contribution in [0.5, 0.6) is 0 Å². The minimum atomic E-state index is -0.826. The Morgan fingerprint density at radius 2 is 1.49 bits per heavy atom. The van der Waals surface area contributed by atoms with E-state index in [1.54, 1.807) is 0 Å². The van der Waals surface area contributed by atoms with Crippen LogP contribution >= 0.6 is 0 Å². The van der Waals surface area contributed by atoms with E-state index in [-0.39, 0.29) is 24.2 Å². The van der Waals surface area contributed by atoms with Crippen molar-refractivity contribution in [1.82, 2.24) is 4.90 Å². The van der Waals surface area contributed by atoms with Crippen LogP contribution in [0, 0.1) is 5.92 Å². The van der Waals surface area contributed by atoms with Crippen molar-refractivity contribution >= 4 is 22.5 Å². The van der Waals surface area contributed by atoms with Gasteiger partial charge in [0.2, 0.25) is 11.7 Å². The SMILES string of the molecule is CC1=[N+](Cc2cccc3ccccc23)CCN1[C@H]1CC[C@@H](C(C(N)=O)(c2ccccc2)c2ccccc2)C1.[Cl-]. The van der Waals surface area contributed by atoms with Crippen LogP contribution in [0.15, 0.2) is 103 Å². The molecule has 2 aliphatic rings. The Morgan fingerprint density at radius 1 is 0.872 bits per heavy atom. The standard InChI is InChI=1S/C34H35N3O.ClH/c1-25-36(24-27-13-10-12-26-11-8-9-18-32(26)27)21-22-37(25)31-20-19-30(23-31)34(33(35)38,28-14-4-2-5-15-28)29-16-6-3-7-17-29;/h2-18,30-31H,19-24H2,1H3,(H-,35,38);1H/t30-,31+;/m1./s1. The normalized spacial score (nSPS) is 19.4. The van der Waals surface area contributed by atoms with Gasteiger partial charge in [-0.15, -0.1) is 0 Å². The molecule has 1 aliphatic carbocycles. The van der Waals surface area contributed by atoms with E-state index in [1.165, 1.54) is 22.2 Å². The molecule has 0 aromatic heterocycles. The van der Waals surface area contributed by atoms with E-state index in [1.807, 2.05) is 36.4 Å². The van der Waals surface area contributed by atoms with Gasteiger partial charge in [-0.05, 0) is 47.1 Å². The number of benzene rings is 4. The lowest BCUT2D eigenvalue weighted by Gasteiger charge is -2.37. The lowest BCUT2D eigenvalue weighted by atomic mass is 9.64. The summed E-state index contributed by atoms with van der Waals surface area (Å²) in [4.78, 5) is 16.0. The van der Waals surface area contributed by atoms with Crippen molar-refractivity contribution in [2.24, 2.45) is 11.7 Å². The molecule has 1 saturated carbocycles. The summed E-state index contributed by atoms with van der Waals surface area (Å²) in [6.45, 7) is 5.23. The third kappa shape index (κ3) is 4.72. The summed E-state index contributed by atoms with van der Waals surface area (Å²) in [6.07, 6.45) is 3.00. The van der Waals surface area contributed by atoms with Crippen molar-refractivity contribution in [2.45, 2.75) is 44.2 Å². The van der Waals surface area contributed by atoms with Gasteiger partial charge in [-0.3, -0.25) is 14.3 Å². The minimum Gasteiger partial charge on any atom is -1.00 e. The Kier molecular flexibility index (Phi) is 7.76. The zero-order valence-electron chi connectivity index (χ0n) is 22.5. The second-order valence-electron chi connectivity index (χ2n) is 10.9. The van der Waals surface area contributed by atoms with Crippen molar-refractivity contribution < 1.29 is 21.8 Å². The van der Waals surface area contributed by atoms with Crippen LogP contribution in [0.1, 0.15) is 42.9 Å². The number of amidine groups is 1. The fraction of sp³-hybridized carbons (Fsp3) is 0.294. The molecule has 1 heterocycles. The first-order chi connectivity index (χ1) is 18.6. The molecule has 4 aromatic rings. The fourth-order valence-electron chi connectivity index (χ4n) is 7.17. The first-order valence-electron chi connectivity index (χ1n) is 13.8. The van der Waals surface area contributed by atoms with Crippen LogP contribution in [0.2, 0.25) is 0 Å². The molecule has 1 fully saturated rings. The highest BCUT2D eigenvalue weighted by atomic mass is 35.5. The van der Waals surface area contributed by atoms with Gasteiger partial charge in [0.15, 0.2) is 0 Å². The quantitative estimate of drug-likeness (QED) is 0.369. The van der Waals surface area contributed by atoms with Crippen molar-refractivity contribution in [3.8, 4) is 0 Å². The van der Waals surface area contributed by atoms with Crippen molar-refractivity contribution in [2.75, 3.05) is 13.1 Å². The monoisotopic (exact) mass is 537 g/mol. The van der Waals surface area contributed by atoms with Crippen LogP contribution in [0.4, 0.5) is 0 Å². The predicted octanol–water partition coefficient (Wildman–Crippen LogP) is 2.73. The number of carbonyl (C=O) groups excluding carboxylic acids is 1. The number of nitrogens with two attached hydrogens (primary N) is 1. The Morgan fingerprint density at radius 3 is 2.15 bits per heavy atom. The Labute approximate surface area is 237 Å². The van der Waals surface area contributed by atoms with Crippen molar-refractivity contribution in [1.29, 1.82) is 0 Å². The summed E-state index contributed by atoms with van der Waals surface area (Å²) in [5.41, 5.74) is 8.88. The van der Waals surface area contributed by atoms with Crippen molar-refractivity contribution in [3.05, 3.63) is 120 Å². The van der Waals surface area contributed by atoms with Crippen LogP contribution in [0.25, 0.3) is 10.8 Å². The highest BCUT2D eigenvalue weighted by Gasteiger charge is 2.52. The maximum absolute atomic E-state index is 13.5. The molecule has 200 valence electrons. The highest BCUT2D eigenvalue weighted by molar-refractivity contribution is 5.91. The van der Waals surface area contributed by atoms with E-state index in [0.717, 1.165) is 50.0 Å². The molecule has 1 amide bonds. The number of nitrogens with zero attached hydrogens (tertiary/aromatic N) is 2. The van der Waals surface area contributed by atoms with Gasteiger partial charge in [0, 0.05) is 12.5 Å². The van der Waals surface area contributed by atoms with Gasteiger partial charge >= 0.3 is 0 Å². The first kappa shape index (κ1) is 27.0. The highest BCUT2D eigenvalue weighted by Crippen LogP contribution is 2.48. The summed E-state index contributed by atoms with van der Waals surface area (Å²) in [5.74, 6) is 1.24. The molecule has 5 heteroatoms. The van der Waals surface area contributed by atoms with Gasteiger partial charge in [-0.2, -0.15) is 0 Å². The zero-order chi connectivity index (χ0) is 26.1. The van der Waals surface area contributed by atoms with Gasteiger partial charge in [0.1, 0.15) is 25.0 Å². The average molecular weight is 538 g/mol. The van der Waals surface area contributed by atoms with Crippen LogP contribution in [-0.2, 0) is 16.8 Å². The maximum atomic E-state index is 13.5. The first-order valence-corrected chi connectivity index (χ1v) is 13.8. The van der Waals surface area contributed by atoms with Gasteiger partial charge in [0.25, 0.3) is 0 Å². The van der Waals surface area contributed by atoms with Gasteiger partial charge < -0.3 is 18.1 Å². The molecule has 2 N–H and O–H groups in total. The van der Waals surface area contributed by atoms with Crippen LogP contribution in [0.3, 0.4) is 0 Å². The number of hydrogen-bond donors (Lipinski definition) is 1. The van der Waals surface area contributed by atoms with E-state index in [9.17, 15) is 4.79 Å². The molecule has 39 heavy (non-hydrogen) atoms. The number of primary amides is 1. The summed E-state index contributed by atoms with van der Waals surface area (Å²) in [7, 11) is 0. The molecule has 1 aliphatic heterocycles. The van der Waals surface area contributed by atoms with E-state index < -0.39 is 5.41 Å². The van der Waals surface area contributed by atoms with E-state index in [4.69, 9.17) is 5.73 Å². The topological polar surface area (TPSA) is 49.3 Å². The molecular formula is C34H36ClN3O. The molecule has 2 atom stereocenters. The van der Waals surface area contributed by atoms with Crippen LogP contribution in [-0.4, -0.2) is 40.3 Å². The smallest absolute Gasteiger partial charge is 0.244 e. The summed E-state index contributed by atoms with van der Waals surface area (Å²) < 4.78 is 2.52. The number of hydrogen-bond acceptors (Lipinski definition) is 2. The van der Waals surface area contributed by atoms with Gasteiger partial charge in [-0.25, -0.2) is 0 Å². The molecule has 6 rings (SSSR count). The maximum Gasteiger partial charge on any atom is 0.244 e. The second kappa shape index (κ2) is 11.2. The number of carbonyl (C=O) groups is 1. The number of fused-ring (bicyclic) bond motifs is 1. The van der Waals surface area contributed by atoms with E-state index in [2.05, 4.69) is 83.1 Å². The lowest BCUT2D eigenvalue weighted by Crippen LogP contribution is -3.00. The summed E-state index contributed by atoms with van der Waals surface area (Å²) in [6, 6.07) is 36.0. The second-order valence-corrected chi connectivity index (χ2v) is 10.9.